The van der Waals surface area contributed by atoms with Crippen molar-refractivity contribution in [2.45, 2.75) is 12.4 Å². The molecule has 0 fully saturated rings. The quantitative estimate of drug-likeness (QED) is 0.655. The normalized spacial score (nSPS) is 11.9. The van der Waals surface area contributed by atoms with Crippen LogP contribution in [0.5, 0.6) is 0 Å². The van der Waals surface area contributed by atoms with Gasteiger partial charge in [0.1, 0.15) is 5.82 Å². The van der Waals surface area contributed by atoms with Gasteiger partial charge in [-0.15, -0.1) is 0 Å². The summed E-state index contributed by atoms with van der Waals surface area (Å²) < 4.78 is 75.1. The number of hydrogen-bond acceptors (Lipinski definition) is 3. The van der Waals surface area contributed by atoms with Crippen LogP contribution >= 0.6 is 0 Å². The molecule has 1 amide bonds. The number of carbonyl (C=O) groups excluding carboxylic acids is 1. The number of nitrogens with one attached hydrogen (secondary N) is 2. The number of nitrogens with zero attached hydrogens (tertiary/aromatic N) is 1. The SMILES string of the molecule is O=C(NNc1cc(C(F)(F)F)cc(-c2ccccc2)n1)C(F)(F)F. The van der Waals surface area contributed by atoms with Gasteiger partial charge in [-0.25, -0.2) is 4.98 Å². The zero-order valence-corrected chi connectivity index (χ0v) is 11.7. The Kier molecular flexibility index (Phi) is 4.67. The van der Waals surface area contributed by atoms with E-state index in [9.17, 15) is 31.1 Å². The Morgan fingerprint density at radius 2 is 1.58 bits per heavy atom. The molecular weight excluding hydrogens is 340 g/mol. The average Bonchev–Trinajstić information content (AvgIpc) is 2.51. The van der Waals surface area contributed by atoms with E-state index in [4.69, 9.17) is 0 Å². The predicted octanol–water partition coefficient (Wildman–Crippen LogP) is 3.77. The maximum Gasteiger partial charge on any atom is 0.472 e. The first-order valence-corrected chi connectivity index (χ1v) is 6.35. The van der Waals surface area contributed by atoms with E-state index in [-0.39, 0.29) is 5.69 Å². The van der Waals surface area contributed by atoms with Gasteiger partial charge in [-0.1, -0.05) is 30.3 Å². The second kappa shape index (κ2) is 6.38. The maximum absolute atomic E-state index is 12.9. The molecule has 0 saturated heterocycles. The van der Waals surface area contributed by atoms with Crippen molar-refractivity contribution in [2.75, 3.05) is 5.43 Å². The van der Waals surface area contributed by atoms with Crippen molar-refractivity contribution in [3.63, 3.8) is 0 Å². The van der Waals surface area contributed by atoms with Crippen LogP contribution in [0.1, 0.15) is 5.56 Å². The minimum Gasteiger partial charge on any atom is -0.282 e. The van der Waals surface area contributed by atoms with Gasteiger partial charge in [0.25, 0.3) is 0 Å². The maximum atomic E-state index is 12.9. The molecule has 0 bridgehead atoms. The van der Waals surface area contributed by atoms with Gasteiger partial charge in [-0.3, -0.25) is 15.6 Å². The summed E-state index contributed by atoms with van der Waals surface area (Å²) >= 11 is 0. The van der Waals surface area contributed by atoms with E-state index in [1.165, 1.54) is 17.6 Å². The lowest BCUT2D eigenvalue weighted by atomic mass is 10.1. The molecule has 0 aliphatic carbocycles. The fourth-order valence-corrected chi connectivity index (χ4v) is 1.71. The number of hydrogen-bond donors (Lipinski definition) is 2. The fourth-order valence-electron chi connectivity index (χ4n) is 1.71. The second-order valence-electron chi connectivity index (χ2n) is 4.57. The third kappa shape index (κ3) is 4.37. The molecule has 4 nitrogen and oxygen atoms in total. The van der Waals surface area contributed by atoms with E-state index in [2.05, 4.69) is 4.98 Å². The number of carbonyl (C=O) groups is 1. The Morgan fingerprint density at radius 1 is 0.958 bits per heavy atom. The van der Waals surface area contributed by atoms with Gasteiger partial charge < -0.3 is 0 Å². The molecule has 2 N–H and O–H groups in total. The van der Waals surface area contributed by atoms with Crippen LogP contribution in [-0.4, -0.2) is 17.1 Å². The highest BCUT2D eigenvalue weighted by molar-refractivity contribution is 5.82. The lowest BCUT2D eigenvalue weighted by Crippen LogP contribution is -2.40. The summed E-state index contributed by atoms with van der Waals surface area (Å²) in [6, 6.07) is 8.99. The molecule has 24 heavy (non-hydrogen) atoms. The first kappa shape index (κ1) is 17.6. The number of pyridine rings is 1. The van der Waals surface area contributed by atoms with Crippen molar-refractivity contribution in [1.82, 2.24) is 10.4 Å². The minimum atomic E-state index is -5.18. The van der Waals surface area contributed by atoms with E-state index < -0.39 is 29.6 Å². The smallest absolute Gasteiger partial charge is 0.282 e. The third-order valence-corrected chi connectivity index (χ3v) is 2.78. The lowest BCUT2D eigenvalue weighted by Gasteiger charge is -2.14. The standard InChI is InChI=1S/C14H9F6N3O/c15-13(16,17)9-6-10(8-4-2-1-3-5-8)21-11(7-9)22-23-12(24)14(18,19)20/h1-7H,(H,21,22)(H,23,24). The fraction of sp³-hybridized carbons (Fsp3) is 0.143. The molecule has 1 aromatic heterocycles. The summed E-state index contributed by atoms with van der Waals surface area (Å²) in [5.74, 6) is -2.94. The number of aromatic nitrogens is 1. The van der Waals surface area contributed by atoms with E-state index >= 15 is 0 Å². The minimum absolute atomic E-state index is 0.116. The highest BCUT2D eigenvalue weighted by Crippen LogP contribution is 2.33. The summed E-state index contributed by atoms with van der Waals surface area (Å²) in [5.41, 5.74) is 2.08. The van der Waals surface area contributed by atoms with Gasteiger partial charge >= 0.3 is 18.3 Å². The number of rotatable bonds is 3. The van der Waals surface area contributed by atoms with Crippen LogP contribution in [0.15, 0.2) is 42.5 Å². The Morgan fingerprint density at radius 3 is 2.12 bits per heavy atom. The Balaban J connectivity index is 2.36. The largest absolute Gasteiger partial charge is 0.472 e. The predicted molar refractivity (Wildman–Crippen MR) is 72.5 cm³/mol. The zero-order chi connectivity index (χ0) is 18.0. The van der Waals surface area contributed by atoms with Gasteiger partial charge in [0.2, 0.25) is 0 Å². The molecule has 0 spiro atoms. The Hall–Kier alpha value is -2.78. The summed E-state index contributed by atoms with van der Waals surface area (Å²) in [4.78, 5) is 14.5. The number of hydrazine groups is 1. The third-order valence-electron chi connectivity index (χ3n) is 2.78. The van der Waals surface area contributed by atoms with Crippen molar-refractivity contribution in [2.24, 2.45) is 0 Å². The molecule has 128 valence electrons. The first-order chi connectivity index (χ1) is 11.1. The molecule has 0 aliphatic heterocycles. The summed E-state index contributed by atoms with van der Waals surface area (Å²) in [6.45, 7) is 0. The van der Waals surface area contributed by atoms with Crippen molar-refractivity contribution >= 4 is 11.7 Å². The monoisotopic (exact) mass is 349 g/mol. The molecule has 2 aromatic rings. The summed E-state index contributed by atoms with van der Waals surface area (Å²) in [6.07, 6.45) is -9.92. The molecule has 0 unspecified atom stereocenters. The first-order valence-electron chi connectivity index (χ1n) is 6.35. The van der Waals surface area contributed by atoms with E-state index in [1.54, 1.807) is 23.6 Å². The number of amides is 1. The van der Waals surface area contributed by atoms with Gasteiger partial charge in [0, 0.05) is 5.56 Å². The second-order valence-corrected chi connectivity index (χ2v) is 4.57. The average molecular weight is 349 g/mol. The number of halogens is 6. The molecule has 1 aromatic carbocycles. The molecule has 10 heteroatoms. The highest BCUT2D eigenvalue weighted by atomic mass is 19.4. The molecular formula is C14H9F6N3O. The van der Waals surface area contributed by atoms with Crippen molar-refractivity contribution in [1.29, 1.82) is 0 Å². The topological polar surface area (TPSA) is 54.0 Å². The number of alkyl halides is 6. The van der Waals surface area contributed by atoms with Gasteiger partial charge in [-0.05, 0) is 12.1 Å². The van der Waals surface area contributed by atoms with Gasteiger partial charge in [0.15, 0.2) is 0 Å². The Labute approximate surface area is 131 Å². The number of benzene rings is 1. The lowest BCUT2D eigenvalue weighted by molar-refractivity contribution is -0.173. The van der Waals surface area contributed by atoms with E-state index in [0.29, 0.717) is 11.6 Å². The van der Waals surface area contributed by atoms with Crippen LogP contribution in [-0.2, 0) is 11.0 Å². The van der Waals surface area contributed by atoms with Crippen LogP contribution in [0.2, 0.25) is 0 Å². The molecule has 0 aliphatic rings. The number of anilines is 1. The van der Waals surface area contributed by atoms with E-state index in [0.717, 1.165) is 6.07 Å². The molecule has 0 saturated carbocycles. The van der Waals surface area contributed by atoms with Crippen molar-refractivity contribution < 1.29 is 31.1 Å². The molecule has 1 heterocycles. The zero-order valence-electron chi connectivity index (χ0n) is 11.7. The highest BCUT2D eigenvalue weighted by Gasteiger charge is 2.39. The van der Waals surface area contributed by atoms with E-state index in [1.807, 2.05) is 0 Å². The Bertz CT molecular complexity index is 728. The van der Waals surface area contributed by atoms with Crippen LogP contribution in [0.3, 0.4) is 0 Å². The molecule has 0 radical (unpaired) electrons. The summed E-state index contributed by atoms with van der Waals surface area (Å²) in [5, 5.41) is 0. The van der Waals surface area contributed by atoms with Crippen molar-refractivity contribution in [3.8, 4) is 11.3 Å². The van der Waals surface area contributed by atoms with Crippen LogP contribution in [0, 0.1) is 0 Å². The van der Waals surface area contributed by atoms with Gasteiger partial charge in [-0.2, -0.15) is 26.3 Å². The molecule has 0 atom stereocenters. The van der Waals surface area contributed by atoms with Gasteiger partial charge in [0.05, 0.1) is 11.3 Å². The molecule has 2 rings (SSSR count). The van der Waals surface area contributed by atoms with Crippen LogP contribution in [0.25, 0.3) is 11.3 Å². The van der Waals surface area contributed by atoms with Crippen LogP contribution in [0.4, 0.5) is 32.2 Å². The summed E-state index contributed by atoms with van der Waals surface area (Å²) in [7, 11) is 0. The van der Waals surface area contributed by atoms with Crippen LogP contribution < -0.4 is 10.9 Å². The van der Waals surface area contributed by atoms with Crippen molar-refractivity contribution in [3.05, 3.63) is 48.0 Å².